The van der Waals surface area contributed by atoms with Crippen LogP contribution >= 0.6 is 11.3 Å². The molecule has 0 amide bonds. The van der Waals surface area contributed by atoms with Crippen molar-refractivity contribution in [3.63, 3.8) is 0 Å². The molecule has 0 fully saturated rings. The number of benzene rings is 1. The van der Waals surface area contributed by atoms with E-state index in [1.807, 2.05) is 19.2 Å². The molecular formula is C10H10N2O2S. The van der Waals surface area contributed by atoms with Crippen LogP contribution in [-0.2, 0) is 11.2 Å². The van der Waals surface area contributed by atoms with Crippen LogP contribution in [0.25, 0.3) is 10.2 Å². The van der Waals surface area contributed by atoms with Gasteiger partial charge in [0.25, 0.3) is 0 Å². The minimum atomic E-state index is -0.812. The monoisotopic (exact) mass is 222 g/mol. The summed E-state index contributed by atoms with van der Waals surface area (Å²) in [6, 6.07) is 5.53. The summed E-state index contributed by atoms with van der Waals surface area (Å²) in [5, 5.41) is 12.5. The maximum Gasteiger partial charge on any atom is 0.307 e. The van der Waals surface area contributed by atoms with Crippen molar-refractivity contribution in [1.29, 1.82) is 0 Å². The second-order valence-corrected chi connectivity index (χ2v) is 4.17. The fourth-order valence-corrected chi connectivity index (χ4v) is 2.24. The first kappa shape index (κ1) is 9.92. The van der Waals surface area contributed by atoms with Crippen molar-refractivity contribution in [3.05, 3.63) is 23.8 Å². The number of aromatic nitrogens is 1. The number of nitrogens with zero attached hydrogens (tertiary/aromatic N) is 1. The Labute approximate surface area is 90.6 Å². The smallest absolute Gasteiger partial charge is 0.307 e. The molecule has 0 aliphatic heterocycles. The van der Waals surface area contributed by atoms with Crippen molar-refractivity contribution in [2.24, 2.45) is 0 Å². The predicted octanol–water partition coefficient (Wildman–Crippen LogP) is 1.97. The summed E-state index contributed by atoms with van der Waals surface area (Å²) in [5.41, 5.74) is 1.71. The van der Waals surface area contributed by atoms with Crippen molar-refractivity contribution in [3.8, 4) is 0 Å². The molecule has 0 saturated carbocycles. The van der Waals surface area contributed by atoms with Crippen molar-refractivity contribution in [2.45, 2.75) is 6.42 Å². The second-order valence-electron chi connectivity index (χ2n) is 3.14. The molecule has 0 atom stereocenters. The van der Waals surface area contributed by atoms with Crippen LogP contribution in [0.4, 0.5) is 5.13 Å². The second kappa shape index (κ2) is 3.86. The first-order chi connectivity index (χ1) is 7.19. The van der Waals surface area contributed by atoms with Gasteiger partial charge in [0.1, 0.15) is 0 Å². The summed E-state index contributed by atoms with van der Waals surface area (Å²) in [6.07, 6.45) is 0.0583. The van der Waals surface area contributed by atoms with Gasteiger partial charge < -0.3 is 10.4 Å². The average Bonchev–Trinajstić information content (AvgIpc) is 2.58. The summed E-state index contributed by atoms with van der Waals surface area (Å²) >= 11 is 1.52. The molecule has 15 heavy (non-hydrogen) atoms. The molecular weight excluding hydrogens is 212 g/mol. The number of carboxylic acid groups (broad SMARTS) is 1. The lowest BCUT2D eigenvalue weighted by atomic mass is 10.1. The molecule has 4 nitrogen and oxygen atoms in total. The molecule has 1 aromatic heterocycles. The lowest BCUT2D eigenvalue weighted by molar-refractivity contribution is -0.136. The van der Waals surface area contributed by atoms with Crippen LogP contribution in [0.15, 0.2) is 18.2 Å². The van der Waals surface area contributed by atoms with Gasteiger partial charge in [-0.15, -0.1) is 0 Å². The largest absolute Gasteiger partial charge is 0.481 e. The number of rotatable bonds is 3. The summed E-state index contributed by atoms with van der Waals surface area (Å²) in [4.78, 5) is 14.9. The summed E-state index contributed by atoms with van der Waals surface area (Å²) < 4.78 is 1.01. The highest BCUT2D eigenvalue weighted by atomic mass is 32.1. The van der Waals surface area contributed by atoms with E-state index in [0.717, 1.165) is 20.9 Å². The van der Waals surface area contributed by atoms with E-state index in [-0.39, 0.29) is 6.42 Å². The standard InChI is InChI=1S/C10H10N2O2S/c1-11-10-12-7-3-2-6(5-9(13)14)4-8(7)15-10/h2-4H,5H2,1H3,(H,11,12)(H,13,14). The number of fused-ring (bicyclic) bond motifs is 1. The number of anilines is 1. The Hall–Kier alpha value is -1.62. The van der Waals surface area contributed by atoms with Gasteiger partial charge in [-0.25, -0.2) is 4.98 Å². The molecule has 2 N–H and O–H groups in total. The number of aliphatic carboxylic acids is 1. The molecule has 0 aliphatic rings. The topological polar surface area (TPSA) is 62.2 Å². The van der Waals surface area contributed by atoms with Crippen LogP contribution in [-0.4, -0.2) is 23.1 Å². The van der Waals surface area contributed by atoms with Crippen molar-refractivity contribution >= 4 is 32.7 Å². The van der Waals surface area contributed by atoms with Gasteiger partial charge in [0.15, 0.2) is 5.13 Å². The third-order valence-electron chi connectivity index (χ3n) is 2.02. The van der Waals surface area contributed by atoms with E-state index in [9.17, 15) is 4.79 Å². The van der Waals surface area contributed by atoms with Gasteiger partial charge in [-0.05, 0) is 17.7 Å². The van der Waals surface area contributed by atoms with Gasteiger partial charge in [0.05, 0.1) is 16.6 Å². The Morgan fingerprint density at radius 2 is 2.40 bits per heavy atom. The van der Waals surface area contributed by atoms with E-state index in [2.05, 4.69) is 10.3 Å². The fraction of sp³-hybridized carbons (Fsp3) is 0.200. The molecule has 0 bridgehead atoms. The molecule has 0 unspecified atom stereocenters. The van der Waals surface area contributed by atoms with Crippen LogP contribution in [0.3, 0.4) is 0 Å². The Morgan fingerprint density at radius 1 is 1.60 bits per heavy atom. The molecule has 1 heterocycles. The number of nitrogens with one attached hydrogen (secondary N) is 1. The van der Waals surface area contributed by atoms with E-state index in [4.69, 9.17) is 5.11 Å². The molecule has 0 radical (unpaired) electrons. The summed E-state index contributed by atoms with van der Waals surface area (Å²) in [5.74, 6) is -0.812. The Balaban J connectivity index is 2.41. The minimum Gasteiger partial charge on any atom is -0.481 e. The van der Waals surface area contributed by atoms with Gasteiger partial charge in [0.2, 0.25) is 0 Å². The minimum absolute atomic E-state index is 0.0583. The first-order valence-electron chi connectivity index (χ1n) is 4.48. The van der Waals surface area contributed by atoms with Gasteiger partial charge in [-0.1, -0.05) is 17.4 Å². The van der Waals surface area contributed by atoms with Crippen LogP contribution in [0.1, 0.15) is 5.56 Å². The maximum atomic E-state index is 10.5. The lowest BCUT2D eigenvalue weighted by Gasteiger charge is -1.95. The number of carbonyl (C=O) groups is 1. The van der Waals surface area contributed by atoms with Crippen LogP contribution in [0, 0.1) is 0 Å². The van der Waals surface area contributed by atoms with Gasteiger partial charge in [0, 0.05) is 7.05 Å². The van der Waals surface area contributed by atoms with E-state index >= 15 is 0 Å². The number of hydrogen-bond acceptors (Lipinski definition) is 4. The molecule has 1 aromatic carbocycles. The fourth-order valence-electron chi connectivity index (χ4n) is 1.36. The number of thiazole rings is 1. The SMILES string of the molecule is CNc1nc2ccc(CC(=O)O)cc2s1. The third-order valence-corrected chi connectivity index (χ3v) is 3.06. The zero-order valence-corrected chi connectivity index (χ0v) is 8.97. The third kappa shape index (κ3) is 2.07. The first-order valence-corrected chi connectivity index (χ1v) is 5.29. The number of hydrogen-bond donors (Lipinski definition) is 2. The van der Waals surface area contributed by atoms with Crippen molar-refractivity contribution < 1.29 is 9.90 Å². The predicted molar refractivity (Wildman–Crippen MR) is 60.5 cm³/mol. The Morgan fingerprint density at radius 3 is 3.07 bits per heavy atom. The molecule has 0 aliphatic carbocycles. The molecule has 0 saturated heterocycles. The van der Waals surface area contributed by atoms with Gasteiger partial charge in [-0.2, -0.15) is 0 Å². The lowest BCUT2D eigenvalue weighted by Crippen LogP contribution is -1.99. The quantitative estimate of drug-likeness (QED) is 0.833. The van der Waals surface area contributed by atoms with Gasteiger partial charge >= 0.3 is 5.97 Å². The van der Waals surface area contributed by atoms with Crippen molar-refractivity contribution in [2.75, 3.05) is 12.4 Å². The van der Waals surface area contributed by atoms with Crippen LogP contribution in [0.2, 0.25) is 0 Å². The van der Waals surface area contributed by atoms with Crippen molar-refractivity contribution in [1.82, 2.24) is 4.98 Å². The molecule has 2 rings (SSSR count). The average molecular weight is 222 g/mol. The zero-order chi connectivity index (χ0) is 10.8. The van der Waals surface area contributed by atoms with E-state index in [0.29, 0.717) is 0 Å². The highest BCUT2D eigenvalue weighted by Gasteiger charge is 2.05. The Kier molecular flexibility index (Phi) is 2.55. The number of carboxylic acids is 1. The van der Waals surface area contributed by atoms with Crippen LogP contribution < -0.4 is 5.32 Å². The van der Waals surface area contributed by atoms with E-state index in [1.54, 1.807) is 6.07 Å². The molecule has 5 heteroatoms. The molecule has 78 valence electrons. The molecule has 0 spiro atoms. The Bertz CT molecular complexity index is 507. The highest BCUT2D eigenvalue weighted by molar-refractivity contribution is 7.22. The zero-order valence-electron chi connectivity index (χ0n) is 8.15. The highest BCUT2D eigenvalue weighted by Crippen LogP contribution is 2.26. The normalized spacial score (nSPS) is 10.5. The van der Waals surface area contributed by atoms with Crippen LogP contribution in [0.5, 0.6) is 0 Å². The summed E-state index contributed by atoms with van der Waals surface area (Å²) in [7, 11) is 1.82. The maximum absolute atomic E-state index is 10.5. The van der Waals surface area contributed by atoms with E-state index < -0.39 is 5.97 Å². The van der Waals surface area contributed by atoms with Gasteiger partial charge in [-0.3, -0.25) is 4.79 Å². The van der Waals surface area contributed by atoms with E-state index in [1.165, 1.54) is 11.3 Å². The summed E-state index contributed by atoms with van der Waals surface area (Å²) in [6.45, 7) is 0. The molecule has 2 aromatic rings.